The zero-order valence-corrected chi connectivity index (χ0v) is 9.65. The Bertz CT molecular complexity index is 250. The summed E-state index contributed by atoms with van der Waals surface area (Å²) in [5.41, 5.74) is 5.91. The highest BCUT2D eigenvalue weighted by atomic mass is 16.5. The van der Waals surface area contributed by atoms with Crippen LogP contribution >= 0.6 is 0 Å². The topological polar surface area (TPSA) is 50.9 Å². The number of aliphatic imine (C=N–C) groups is 1. The highest BCUT2D eigenvalue weighted by Gasteiger charge is 2.34. The van der Waals surface area contributed by atoms with Crippen LogP contribution in [0.15, 0.2) is 4.99 Å². The van der Waals surface area contributed by atoms with Gasteiger partial charge in [0.25, 0.3) is 0 Å². The summed E-state index contributed by atoms with van der Waals surface area (Å²) in [7, 11) is 1.75. The van der Waals surface area contributed by atoms with Gasteiger partial charge < -0.3 is 15.4 Å². The van der Waals surface area contributed by atoms with Crippen molar-refractivity contribution in [2.24, 2.45) is 22.6 Å². The van der Waals surface area contributed by atoms with Gasteiger partial charge in [0.05, 0.1) is 19.2 Å². The summed E-state index contributed by atoms with van der Waals surface area (Å²) in [5.74, 6) is 2.09. The zero-order chi connectivity index (χ0) is 10.8. The first-order chi connectivity index (χ1) is 7.22. The fourth-order valence-corrected chi connectivity index (χ4v) is 2.21. The molecule has 4 nitrogen and oxygen atoms in total. The van der Waals surface area contributed by atoms with Gasteiger partial charge in [0.2, 0.25) is 0 Å². The summed E-state index contributed by atoms with van der Waals surface area (Å²) >= 11 is 0. The summed E-state index contributed by atoms with van der Waals surface area (Å²) in [6.07, 6.45) is 2.71. The molecule has 2 rings (SSSR count). The van der Waals surface area contributed by atoms with E-state index in [0.717, 1.165) is 31.6 Å². The maximum absolute atomic E-state index is 5.91. The normalized spacial score (nSPS) is 28.0. The van der Waals surface area contributed by atoms with Crippen LogP contribution in [0.4, 0.5) is 0 Å². The molecule has 1 heterocycles. The summed E-state index contributed by atoms with van der Waals surface area (Å²) in [5, 5.41) is 0. The number of hydrogen-bond donors (Lipinski definition) is 1. The number of methoxy groups -OCH3 is 1. The molecule has 1 aliphatic carbocycles. The summed E-state index contributed by atoms with van der Waals surface area (Å²) < 4.78 is 5.20. The van der Waals surface area contributed by atoms with E-state index < -0.39 is 0 Å². The van der Waals surface area contributed by atoms with E-state index in [1.54, 1.807) is 7.11 Å². The molecule has 0 aromatic heterocycles. The first-order valence-corrected chi connectivity index (χ1v) is 5.78. The molecule has 1 aliphatic heterocycles. The molecule has 2 N–H and O–H groups in total. The van der Waals surface area contributed by atoms with Crippen LogP contribution in [-0.4, -0.2) is 43.7 Å². The lowest BCUT2D eigenvalue weighted by atomic mass is 10.0. The van der Waals surface area contributed by atoms with Crippen molar-refractivity contribution in [2.75, 3.05) is 26.8 Å². The van der Waals surface area contributed by atoms with Crippen molar-refractivity contribution in [3.8, 4) is 0 Å². The molecule has 0 amide bonds. The standard InChI is InChI=1S/C11H21N3O/c1-8(7-15-2)10-5-13-11(12)14(10)6-9-3-4-9/h8-10H,3-7H2,1-2H3,(H2,12,13). The first kappa shape index (κ1) is 10.7. The summed E-state index contributed by atoms with van der Waals surface area (Å²) in [6.45, 7) is 4.92. The molecular weight excluding hydrogens is 190 g/mol. The van der Waals surface area contributed by atoms with Crippen molar-refractivity contribution in [1.82, 2.24) is 4.90 Å². The van der Waals surface area contributed by atoms with Crippen LogP contribution in [0, 0.1) is 11.8 Å². The quantitative estimate of drug-likeness (QED) is 0.727. The summed E-state index contributed by atoms with van der Waals surface area (Å²) in [6, 6.07) is 0.450. The number of hydrogen-bond acceptors (Lipinski definition) is 4. The summed E-state index contributed by atoms with van der Waals surface area (Å²) in [4.78, 5) is 6.63. The van der Waals surface area contributed by atoms with Crippen molar-refractivity contribution in [2.45, 2.75) is 25.8 Å². The van der Waals surface area contributed by atoms with Crippen LogP contribution in [0.1, 0.15) is 19.8 Å². The third-order valence-electron chi connectivity index (χ3n) is 3.37. The van der Waals surface area contributed by atoms with Gasteiger partial charge in [-0.15, -0.1) is 0 Å². The second kappa shape index (κ2) is 4.39. The number of nitrogens with zero attached hydrogens (tertiary/aromatic N) is 2. The average Bonchev–Trinajstić information content (AvgIpc) is 2.93. The molecule has 0 radical (unpaired) electrons. The van der Waals surface area contributed by atoms with Gasteiger partial charge in [-0.1, -0.05) is 6.92 Å². The number of nitrogens with two attached hydrogens (primary N) is 1. The van der Waals surface area contributed by atoms with Crippen molar-refractivity contribution < 1.29 is 4.74 Å². The van der Waals surface area contributed by atoms with Crippen LogP contribution in [0.25, 0.3) is 0 Å². The van der Waals surface area contributed by atoms with Crippen LogP contribution in [0.3, 0.4) is 0 Å². The monoisotopic (exact) mass is 211 g/mol. The second-order valence-electron chi connectivity index (χ2n) is 4.79. The maximum Gasteiger partial charge on any atom is 0.191 e. The predicted molar refractivity (Wildman–Crippen MR) is 60.7 cm³/mol. The minimum atomic E-state index is 0.450. The molecular formula is C11H21N3O. The van der Waals surface area contributed by atoms with Crippen LogP contribution in [0.5, 0.6) is 0 Å². The minimum Gasteiger partial charge on any atom is -0.384 e. The zero-order valence-electron chi connectivity index (χ0n) is 9.65. The van der Waals surface area contributed by atoms with Gasteiger partial charge in [-0.25, -0.2) is 0 Å². The van der Waals surface area contributed by atoms with Crippen LogP contribution < -0.4 is 5.73 Å². The minimum absolute atomic E-state index is 0.450. The Hall–Kier alpha value is -0.770. The van der Waals surface area contributed by atoms with Crippen molar-refractivity contribution in [3.05, 3.63) is 0 Å². The van der Waals surface area contributed by atoms with E-state index in [0.29, 0.717) is 12.0 Å². The van der Waals surface area contributed by atoms with E-state index in [9.17, 15) is 0 Å². The third-order valence-corrected chi connectivity index (χ3v) is 3.37. The lowest BCUT2D eigenvalue weighted by Crippen LogP contribution is -2.45. The van der Waals surface area contributed by atoms with E-state index in [1.807, 2.05) is 0 Å². The van der Waals surface area contributed by atoms with E-state index in [4.69, 9.17) is 10.5 Å². The number of rotatable bonds is 5. The fraction of sp³-hybridized carbons (Fsp3) is 0.909. The molecule has 0 aromatic carbocycles. The van der Waals surface area contributed by atoms with E-state index in [-0.39, 0.29) is 0 Å². The van der Waals surface area contributed by atoms with Gasteiger partial charge in [0.1, 0.15) is 0 Å². The largest absolute Gasteiger partial charge is 0.384 e. The Morgan fingerprint density at radius 2 is 2.33 bits per heavy atom. The smallest absolute Gasteiger partial charge is 0.191 e. The molecule has 1 fully saturated rings. The fourth-order valence-electron chi connectivity index (χ4n) is 2.21. The highest BCUT2D eigenvalue weighted by Crippen LogP contribution is 2.32. The Balaban J connectivity index is 1.92. The van der Waals surface area contributed by atoms with Gasteiger partial charge in [0.15, 0.2) is 5.96 Å². The Labute approximate surface area is 91.5 Å². The second-order valence-corrected chi connectivity index (χ2v) is 4.79. The molecule has 0 aromatic rings. The maximum atomic E-state index is 5.91. The lowest BCUT2D eigenvalue weighted by molar-refractivity contribution is 0.119. The lowest BCUT2D eigenvalue weighted by Gasteiger charge is -2.30. The van der Waals surface area contributed by atoms with Crippen molar-refractivity contribution in [3.63, 3.8) is 0 Å². The van der Waals surface area contributed by atoms with Gasteiger partial charge in [-0.05, 0) is 18.8 Å². The highest BCUT2D eigenvalue weighted by molar-refractivity contribution is 5.80. The SMILES string of the molecule is COCC(C)C1CN=C(N)N1CC1CC1. The van der Waals surface area contributed by atoms with Crippen molar-refractivity contribution in [1.29, 1.82) is 0 Å². The predicted octanol–water partition coefficient (Wildman–Crippen LogP) is 0.678. The van der Waals surface area contributed by atoms with Crippen LogP contribution in [0.2, 0.25) is 0 Å². The molecule has 2 aliphatic rings. The third kappa shape index (κ3) is 2.43. The molecule has 0 spiro atoms. The molecule has 4 heteroatoms. The molecule has 0 saturated heterocycles. The number of guanidine groups is 1. The number of ether oxygens (including phenoxy) is 1. The van der Waals surface area contributed by atoms with Crippen LogP contribution in [-0.2, 0) is 4.74 Å². The molecule has 0 bridgehead atoms. The van der Waals surface area contributed by atoms with E-state index >= 15 is 0 Å². The molecule has 86 valence electrons. The Kier molecular flexibility index (Phi) is 3.14. The molecule has 2 unspecified atom stereocenters. The van der Waals surface area contributed by atoms with E-state index in [1.165, 1.54) is 12.8 Å². The van der Waals surface area contributed by atoms with Gasteiger partial charge >= 0.3 is 0 Å². The molecule has 2 atom stereocenters. The van der Waals surface area contributed by atoms with Crippen molar-refractivity contribution >= 4 is 5.96 Å². The van der Waals surface area contributed by atoms with E-state index in [2.05, 4.69) is 16.8 Å². The van der Waals surface area contributed by atoms with Gasteiger partial charge in [-0.2, -0.15) is 0 Å². The first-order valence-electron chi connectivity index (χ1n) is 5.78. The van der Waals surface area contributed by atoms with Gasteiger partial charge in [-0.3, -0.25) is 4.99 Å². The molecule has 1 saturated carbocycles. The molecule has 15 heavy (non-hydrogen) atoms. The average molecular weight is 211 g/mol. The Morgan fingerprint density at radius 3 is 2.93 bits per heavy atom. The van der Waals surface area contributed by atoms with Gasteiger partial charge in [0, 0.05) is 19.6 Å². The Morgan fingerprint density at radius 1 is 1.60 bits per heavy atom.